The Morgan fingerprint density at radius 2 is 2.12 bits per heavy atom. The zero-order valence-electron chi connectivity index (χ0n) is 5.44. The number of hydrogen-bond donors (Lipinski definition) is 1. The highest BCUT2D eigenvalue weighted by Gasteiger charge is 1.81. The summed E-state index contributed by atoms with van der Waals surface area (Å²) in [6, 6.07) is 0. The van der Waals surface area contributed by atoms with Crippen molar-refractivity contribution in [2.75, 3.05) is 6.61 Å². The molecule has 0 amide bonds. The van der Waals surface area contributed by atoms with E-state index in [1.807, 2.05) is 19.9 Å². The van der Waals surface area contributed by atoms with E-state index in [2.05, 4.69) is 6.58 Å². The van der Waals surface area contributed by atoms with Crippen LogP contribution in [0.3, 0.4) is 0 Å². The lowest BCUT2D eigenvalue weighted by Crippen LogP contribution is -1.82. The summed E-state index contributed by atoms with van der Waals surface area (Å²) < 4.78 is 0. The van der Waals surface area contributed by atoms with Crippen molar-refractivity contribution in [2.24, 2.45) is 0 Å². The van der Waals surface area contributed by atoms with Gasteiger partial charge in [-0.15, -0.1) is 0 Å². The molecule has 1 N–H and O–H groups in total. The van der Waals surface area contributed by atoms with Crippen LogP contribution in [0.2, 0.25) is 0 Å². The Labute approximate surface area is 50.3 Å². The van der Waals surface area contributed by atoms with Gasteiger partial charge in [0.2, 0.25) is 0 Å². The first-order valence-electron chi connectivity index (χ1n) is 2.60. The maximum atomic E-state index is 8.47. The van der Waals surface area contributed by atoms with Crippen LogP contribution < -0.4 is 0 Å². The number of aliphatic hydroxyl groups is 1. The van der Waals surface area contributed by atoms with Crippen molar-refractivity contribution < 1.29 is 5.11 Å². The zero-order valence-corrected chi connectivity index (χ0v) is 5.44. The molecule has 0 spiro atoms. The maximum absolute atomic E-state index is 8.47. The summed E-state index contributed by atoms with van der Waals surface area (Å²) in [5, 5.41) is 8.47. The second-order valence-electron chi connectivity index (χ2n) is 2.00. The minimum atomic E-state index is 0.132. The fourth-order valence-electron chi connectivity index (χ4n) is 0.466. The third kappa shape index (κ3) is 3.62. The molecule has 0 aliphatic heterocycles. The van der Waals surface area contributed by atoms with Crippen molar-refractivity contribution in [3.63, 3.8) is 0 Å². The quantitative estimate of drug-likeness (QED) is 0.537. The van der Waals surface area contributed by atoms with E-state index in [9.17, 15) is 0 Å². The predicted octanol–water partition coefficient (Wildman–Crippen LogP) is 1.50. The molecule has 0 aliphatic carbocycles. The fraction of sp³-hybridized carbons (Fsp3) is 0.429. The average Bonchev–Trinajstić information content (AvgIpc) is 1.65. The molecule has 0 unspecified atom stereocenters. The molecule has 0 aromatic rings. The Bertz CT molecular complexity index is 112. The van der Waals surface area contributed by atoms with Crippen LogP contribution >= 0.6 is 0 Å². The molecule has 1 heteroatoms. The van der Waals surface area contributed by atoms with Crippen molar-refractivity contribution in [3.8, 4) is 0 Å². The summed E-state index contributed by atoms with van der Waals surface area (Å²) in [4.78, 5) is 0. The van der Waals surface area contributed by atoms with Gasteiger partial charge in [-0.05, 0) is 19.4 Å². The zero-order chi connectivity index (χ0) is 6.57. The van der Waals surface area contributed by atoms with Gasteiger partial charge in [-0.25, -0.2) is 0 Å². The van der Waals surface area contributed by atoms with E-state index in [1.54, 1.807) is 0 Å². The van der Waals surface area contributed by atoms with Crippen molar-refractivity contribution in [1.82, 2.24) is 0 Å². The van der Waals surface area contributed by atoms with E-state index in [0.29, 0.717) is 0 Å². The Hall–Kier alpha value is -0.560. The van der Waals surface area contributed by atoms with Crippen LogP contribution in [0.5, 0.6) is 0 Å². The van der Waals surface area contributed by atoms with Crippen molar-refractivity contribution in [2.45, 2.75) is 13.8 Å². The number of rotatable bonds is 2. The van der Waals surface area contributed by atoms with Gasteiger partial charge in [0.15, 0.2) is 0 Å². The standard InChI is InChI=1S/C7H12O/c1-6(2)4-7(3)5-8/h4,8H,1,5H2,2-3H3/b7-4-. The largest absolute Gasteiger partial charge is 0.392 e. The summed E-state index contributed by atoms with van der Waals surface area (Å²) in [6.07, 6.45) is 1.86. The van der Waals surface area contributed by atoms with Gasteiger partial charge in [-0.1, -0.05) is 18.2 Å². The van der Waals surface area contributed by atoms with Gasteiger partial charge in [0.25, 0.3) is 0 Å². The van der Waals surface area contributed by atoms with Gasteiger partial charge in [-0.3, -0.25) is 0 Å². The van der Waals surface area contributed by atoms with E-state index < -0.39 is 0 Å². The van der Waals surface area contributed by atoms with Gasteiger partial charge in [0.05, 0.1) is 6.61 Å². The van der Waals surface area contributed by atoms with Crippen LogP contribution in [0.1, 0.15) is 13.8 Å². The average molecular weight is 112 g/mol. The Morgan fingerprint density at radius 3 is 2.25 bits per heavy atom. The summed E-state index contributed by atoms with van der Waals surface area (Å²) in [5.74, 6) is 0. The molecule has 0 radical (unpaired) electrons. The molecule has 0 aromatic heterocycles. The third-order valence-corrected chi connectivity index (χ3v) is 0.742. The SMILES string of the molecule is C=C(C)/C=C(/C)CO. The van der Waals surface area contributed by atoms with E-state index >= 15 is 0 Å². The van der Waals surface area contributed by atoms with E-state index in [4.69, 9.17) is 5.11 Å². The first kappa shape index (κ1) is 7.44. The van der Waals surface area contributed by atoms with Crippen LogP contribution in [0.25, 0.3) is 0 Å². The normalized spacial score (nSPS) is 11.6. The topological polar surface area (TPSA) is 20.2 Å². The summed E-state index contributed by atoms with van der Waals surface area (Å²) in [7, 11) is 0. The molecule has 0 fully saturated rings. The van der Waals surface area contributed by atoms with Crippen molar-refractivity contribution in [1.29, 1.82) is 0 Å². The van der Waals surface area contributed by atoms with Gasteiger partial charge in [-0.2, -0.15) is 0 Å². The first-order chi connectivity index (χ1) is 3.66. The van der Waals surface area contributed by atoms with Crippen LogP contribution in [-0.4, -0.2) is 11.7 Å². The molecule has 0 aromatic carbocycles. The number of hydrogen-bond acceptors (Lipinski definition) is 1. The second kappa shape index (κ2) is 3.44. The molecule has 0 saturated heterocycles. The molecule has 0 bridgehead atoms. The molecule has 0 aliphatic rings. The highest BCUT2D eigenvalue weighted by Crippen LogP contribution is 1.96. The molecule has 8 heavy (non-hydrogen) atoms. The fourth-order valence-corrected chi connectivity index (χ4v) is 0.466. The Balaban J connectivity index is 3.75. The minimum Gasteiger partial charge on any atom is -0.392 e. The van der Waals surface area contributed by atoms with E-state index in [0.717, 1.165) is 11.1 Å². The van der Waals surface area contributed by atoms with E-state index in [-0.39, 0.29) is 6.61 Å². The van der Waals surface area contributed by atoms with Crippen LogP contribution in [0, 0.1) is 0 Å². The molecule has 0 heterocycles. The highest BCUT2D eigenvalue weighted by molar-refractivity contribution is 5.16. The molecule has 1 nitrogen and oxygen atoms in total. The van der Waals surface area contributed by atoms with Gasteiger partial charge >= 0.3 is 0 Å². The Kier molecular flexibility index (Phi) is 3.20. The monoisotopic (exact) mass is 112 g/mol. The van der Waals surface area contributed by atoms with Crippen LogP contribution in [0.15, 0.2) is 23.8 Å². The molecule has 0 atom stereocenters. The van der Waals surface area contributed by atoms with Crippen LogP contribution in [0.4, 0.5) is 0 Å². The lowest BCUT2D eigenvalue weighted by molar-refractivity contribution is 0.331. The summed E-state index contributed by atoms with van der Waals surface area (Å²) in [5.41, 5.74) is 1.94. The smallest absolute Gasteiger partial charge is 0.0642 e. The lowest BCUT2D eigenvalue weighted by Gasteiger charge is -1.91. The molecule has 0 saturated carbocycles. The number of allylic oxidation sites excluding steroid dienone is 2. The van der Waals surface area contributed by atoms with Gasteiger partial charge < -0.3 is 5.11 Å². The second-order valence-corrected chi connectivity index (χ2v) is 2.00. The summed E-state index contributed by atoms with van der Waals surface area (Å²) in [6.45, 7) is 7.56. The molecule has 0 rings (SSSR count). The van der Waals surface area contributed by atoms with E-state index in [1.165, 1.54) is 0 Å². The predicted molar refractivity (Wildman–Crippen MR) is 35.7 cm³/mol. The van der Waals surface area contributed by atoms with Crippen molar-refractivity contribution >= 4 is 0 Å². The highest BCUT2D eigenvalue weighted by atomic mass is 16.3. The number of aliphatic hydroxyl groups excluding tert-OH is 1. The Morgan fingerprint density at radius 1 is 1.62 bits per heavy atom. The first-order valence-corrected chi connectivity index (χ1v) is 2.60. The summed E-state index contributed by atoms with van der Waals surface area (Å²) >= 11 is 0. The van der Waals surface area contributed by atoms with Crippen LogP contribution in [-0.2, 0) is 0 Å². The minimum absolute atomic E-state index is 0.132. The third-order valence-electron chi connectivity index (χ3n) is 0.742. The maximum Gasteiger partial charge on any atom is 0.0642 e. The molecular weight excluding hydrogens is 100 g/mol. The molecule has 46 valence electrons. The lowest BCUT2D eigenvalue weighted by atomic mass is 10.2. The molecular formula is C7H12O. The van der Waals surface area contributed by atoms with Crippen molar-refractivity contribution in [3.05, 3.63) is 23.8 Å². The van der Waals surface area contributed by atoms with Gasteiger partial charge in [0.1, 0.15) is 0 Å². The van der Waals surface area contributed by atoms with Gasteiger partial charge in [0, 0.05) is 0 Å².